The van der Waals surface area contributed by atoms with E-state index in [0.29, 0.717) is 18.0 Å². The average molecular weight is 509 g/mol. The molecule has 1 aromatic heterocycles. The molecule has 2 heterocycles. The van der Waals surface area contributed by atoms with Crippen LogP contribution in [0, 0.1) is 0 Å². The van der Waals surface area contributed by atoms with Gasteiger partial charge in [0.2, 0.25) is 11.8 Å². The molecule has 2 aromatic carbocycles. The fraction of sp³-hybridized carbons (Fsp3) is 0.370. The Labute approximate surface area is 214 Å². The van der Waals surface area contributed by atoms with Crippen LogP contribution >= 0.6 is 23.4 Å². The summed E-state index contributed by atoms with van der Waals surface area (Å²) in [5, 5.41) is 4.96. The fourth-order valence-corrected chi connectivity index (χ4v) is 6.21. The van der Waals surface area contributed by atoms with Crippen molar-refractivity contribution in [3.8, 4) is 0 Å². The average Bonchev–Trinajstić information content (AvgIpc) is 3.39. The first-order chi connectivity index (χ1) is 17.1. The zero-order chi connectivity index (χ0) is 24.2. The number of halogens is 1. The topological polar surface area (TPSA) is 77.6 Å². The second kappa shape index (κ2) is 10.9. The lowest BCUT2D eigenvalue weighted by Gasteiger charge is -2.21. The van der Waals surface area contributed by atoms with E-state index in [-0.39, 0.29) is 24.3 Å². The number of nitrogens with zero attached hydrogens (tertiary/aromatic N) is 2. The lowest BCUT2D eigenvalue weighted by molar-refractivity contribution is -0.128. The number of carbonyl (C=O) groups is 2. The summed E-state index contributed by atoms with van der Waals surface area (Å²) in [4.78, 5) is 36.2. The van der Waals surface area contributed by atoms with Gasteiger partial charge in [0.05, 0.1) is 6.04 Å². The summed E-state index contributed by atoms with van der Waals surface area (Å²) in [7, 11) is 0. The first kappa shape index (κ1) is 23.9. The number of rotatable bonds is 7. The van der Waals surface area contributed by atoms with Gasteiger partial charge in [-0.1, -0.05) is 60.8 Å². The predicted octanol–water partition coefficient (Wildman–Crippen LogP) is 6.03. The normalized spacial score (nSPS) is 20.1. The van der Waals surface area contributed by atoms with Crippen molar-refractivity contribution in [1.29, 1.82) is 0 Å². The Morgan fingerprint density at radius 3 is 2.74 bits per heavy atom. The quantitative estimate of drug-likeness (QED) is 0.409. The van der Waals surface area contributed by atoms with Crippen LogP contribution in [0.15, 0.2) is 59.7 Å². The third-order valence-corrected chi connectivity index (χ3v) is 8.07. The van der Waals surface area contributed by atoms with Crippen molar-refractivity contribution in [2.45, 2.75) is 56.2 Å². The molecule has 182 valence electrons. The first-order valence-corrected chi connectivity index (χ1v) is 13.5. The number of benzene rings is 2. The number of nitrogens with one attached hydrogen (secondary N) is 2. The molecule has 8 heteroatoms. The van der Waals surface area contributed by atoms with E-state index in [0.717, 1.165) is 40.2 Å². The van der Waals surface area contributed by atoms with Crippen molar-refractivity contribution in [1.82, 2.24) is 9.88 Å². The Morgan fingerprint density at radius 1 is 1.14 bits per heavy atom. The molecule has 6 nitrogen and oxygen atoms in total. The van der Waals surface area contributed by atoms with Crippen molar-refractivity contribution < 1.29 is 9.59 Å². The number of thioether (sulfide) groups is 1. The van der Waals surface area contributed by atoms with Gasteiger partial charge in [0.25, 0.3) is 0 Å². The van der Waals surface area contributed by atoms with Gasteiger partial charge in [0.1, 0.15) is 5.25 Å². The lowest BCUT2D eigenvalue weighted by Crippen LogP contribution is -2.35. The molecule has 0 bridgehead atoms. The van der Waals surface area contributed by atoms with Gasteiger partial charge in [0.15, 0.2) is 5.17 Å². The first-order valence-electron chi connectivity index (χ1n) is 12.2. The van der Waals surface area contributed by atoms with E-state index in [1.54, 1.807) is 4.90 Å². The second-order valence-electron chi connectivity index (χ2n) is 9.17. The van der Waals surface area contributed by atoms with Crippen LogP contribution in [-0.4, -0.2) is 44.7 Å². The summed E-state index contributed by atoms with van der Waals surface area (Å²) in [6.07, 6.45) is 8.52. The third kappa shape index (κ3) is 5.73. The van der Waals surface area contributed by atoms with Crippen molar-refractivity contribution in [2.24, 2.45) is 4.99 Å². The number of aromatic nitrogens is 1. The Bertz CT molecular complexity index is 1240. The van der Waals surface area contributed by atoms with E-state index in [4.69, 9.17) is 16.6 Å². The SMILES string of the molecule is O=C(CC1SC(=NC2CCCCC2)N(CCc2c[nH]c3ccc(Cl)cc23)C1=O)Nc1ccccc1. The predicted molar refractivity (Wildman–Crippen MR) is 144 cm³/mol. The van der Waals surface area contributed by atoms with E-state index in [1.165, 1.54) is 31.0 Å². The van der Waals surface area contributed by atoms with Crippen LogP contribution in [0.3, 0.4) is 0 Å². The summed E-state index contributed by atoms with van der Waals surface area (Å²) in [6.45, 7) is 0.521. The smallest absolute Gasteiger partial charge is 0.242 e. The Kier molecular flexibility index (Phi) is 7.44. The van der Waals surface area contributed by atoms with Crippen LogP contribution in [0.1, 0.15) is 44.1 Å². The van der Waals surface area contributed by atoms with Crippen LogP contribution in [0.4, 0.5) is 5.69 Å². The largest absolute Gasteiger partial charge is 0.361 e. The Morgan fingerprint density at radius 2 is 1.94 bits per heavy atom. The number of aliphatic imine (C=N–C) groups is 1. The van der Waals surface area contributed by atoms with Crippen molar-refractivity contribution in [3.05, 3.63) is 65.3 Å². The number of hydrogen-bond acceptors (Lipinski definition) is 4. The van der Waals surface area contributed by atoms with Crippen LogP contribution in [0.25, 0.3) is 10.9 Å². The number of aromatic amines is 1. The molecule has 1 atom stereocenters. The molecule has 2 N–H and O–H groups in total. The highest BCUT2D eigenvalue weighted by atomic mass is 35.5. The lowest BCUT2D eigenvalue weighted by atomic mass is 9.96. The second-order valence-corrected chi connectivity index (χ2v) is 10.8. The standard InChI is InChI=1S/C27H29ClN4O2S/c28-19-11-12-23-22(15-19)18(17-29-23)13-14-32-26(34)24(16-25(33)30-20-7-3-1-4-8-20)35-27(32)31-21-9-5-2-6-10-21/h1,3-4,7-8,11-12,15,17,21,24,29H,2,5-6,9-10,13-14,16H2,(H,30,33). The Balaban J connectivity index is 1.31. The van der Waals surface area contributed by atoms with Gasteiger partial charge in [-0.3, -0.25) is 19.5 Å². The molecule has 2 aliphatic rings. The summed E-state index contributed by atoms with van der Waals surface area (Å²) in [6, 6.07) is 15.4. The van der Waals surface area contributed by atoms with Crippen molar-refractivity contribution in [3.63, 3.8) is 0 Å². The van der Waals surface area contributed by atoms with Gasteiger partial charge in [-0.2, -0.15) is 0 Å². The molecule has 5 rings (SSSR count). The number of hydrogen-bond donors (Lipinski definition) is 2. The number of carbonyl (C=O) groups excluding carboxylic acids is 2. The summed E-state index contributed by atoms with van der Waals surface area (Å²) < 4.78 is 0. The summed E-state index contributed by atoms with van der Waals surface area (Å²) >= 11 is 7.66. The van der Waals surface area contributed by atoms with Crippen LogP contribution in [-0.2, 0) is 16.0 Å². The minimum atomic E-state index is -0.460. The van der Waals surface area contributed by atoms with Crippen molar-refractivity contribution >= 4 is 56.9 Å². The molecule has 1 aliphatic carbocycles. The molecule has 2 fully saturated rings. The van der Waals surface area contributed by atoms with Gasteiger partial charge in [-0.15, -0.1) is 0 Å². The molecular formula is C27H29ClN4O2S. The number of para-hydroxylation sites is 1. The highest BCUT2D eigenvalue weighted by Crippen LogP contribution is 2.33. The summed E-state index contributed by atoms with van der Waals surface area (Å²) in [5.41, 5.74) is 2.87. The molecular weight excluding hydrogens is 480 g/mol. The molecule has 2 amide bonds. The van der Waals surface area contributed by atoms with E-state index in [1.807, 2.05) is 54.7 Å². The zero-order valence-corrected chi connectivity index (χ0v) is 21.1. The maximum Gasteiger partial charge on any atom is 0.242 e. The molecule has 1 aliphatic heterocycles. The molecule has 0 radical (unpaired) electrons. The zero-order valence-electron chi connectivity index (χ0n) is 19.5. The number of H-pyrrole nitrogens is 1. The molecule has 1 unspecified atom stereocenters. The van der Waals surface area contributed by atoms with E-state index >= 15 is 0 Å². The number of fused-ring (bicyclic) bond motifs is 1. The minimum Gasteiger partial charge on any atom is -0.361 e. The number of amides is 2. The number of amidine groups is 1. The van der Waals surface area contributed by atoms with Crippen LogP contribution in [0.5, 0.6) is 0 Å². The monoisotopic (exact) mass is 508 g/mol. The molecule has 1 saturated heterocycles. The molecule has 3 aromatic rings. The minimum absolute atomic E-state index is 0.0364. The summed E-state index contributed by atoms with van der Waals surface area (Å²) in [5.74, 6) is -0.196. The van der Waals surface area contributed by atoms with E-state index in [9.17, 15) is 9.59 Å². The highest BCUT2D eigenvalue weighted by molar-refractivity contribution is 8.15. The van der Waals surface area contributed by atoms with Gasteiger partial charge in [-0.05, 0) is 55.2 Å². The Hall–Kier alpha value is -2.77. The molecule has 0 spiro atoms. The van der Waals surface area contributed by atoms with E-state index < -0.39 is 5.25 Å². The maximum atomic E-state index is 13.4. The van der Waals surface area contributed by atoms with E-state index in [2.05, 4.69) is 10.3 Å². The van der Waals surface area contributed by atoms with Gasteiger partial charge in [0, 0.05) is 40.8 Å². The van der Waals surface area contributed by atoms with Gasteiger partial charge >= 0.3 is 0 Å². The van der Waals surface area contributed by atoms with Gasteiger partial charge < -0.3 is 10.3 Å². The van der Waals surface area contributed by atoms with Gasteiger partial charge in [-0.25, -0.2) is 0 Å². The molecule has 35 heavy (non-hydrogen) atoms. The van der Waals surface area contributed by atoms with Crippen LogP contribution < -0.4 is 5.32 Å². The maximum absolute atomic E-state index is 13.4. The third-order valence-electron chi connectivity index (χ3n) is 6.65. The van der Waals surface area contributed by atoms with Crippen molar-refractivity contribution in [2.75, 3.05) is 11.9 Å². The molecule has 1 saturated carbocycles. The number of anilines is 1. The van der Waals surface area contributed by atoms with Crippen LogP contribution in [0.2, 0.25) is 5.02 Å². The highest BCUT2D eigenvalue weighted by Gasteiger charge is 2.39. The fourth-order valence-electron chi connectivity index (χ4n) is 4.80.